The van der Waals surface area contributed by atoms with E-state index < -0.39 is 61.5 Å². The Hall–Kier alpha value is -3.55. The maximum atomic E-state index is 12.1. The van der Waals surface area contributed by atoms with Gasteiger partial charge >= 0.3 is 30.2 Å². The predicted octanol–water partition coefficient (Wildman–Crippen LogP) is 10.9. The molecule has 0 aromatic heterocycles. The monoisotopic (exact) mass is 1130 g/mol. The van der Waals surface area contributed by atoms with Crippen LogP contribution >= 0.6 is 0 Å². The number of carbonyl (C=O) groups is 6. The fraction of sp³-hybridized carbons (Fsp3) is 0.811. The molecule has 0 aliphatic rings. The standard InChI is InChI=1S/C53H104N4O14Si4/c1-44(2)47(59)65-32-22-19-27-39-75(13,14)71-53(7,8)72-36-26-18-16-15-17-21-33-66-50(62)56-42-57-51(63)68-40-46(58)54-41-55-49(61)67-34-25-29-38-74(11,12)70-35-23-20-30-52(5,6)73(9,10)37-28-24-31-64-43-69-48(60)45(3)4/h1,3,15-43,72H2,2,4-14H3,(H,54,58)(H,55,61)(H,56,62)(H,57,63). The zero-order valence-corrected chi connectivity index (χ0v) is 53.3. The number of amides is 4. The lowest BCUT2D eigenvalue weighted by Crippen LogP contribution is -2.44. The van der Waals surface area contributed by atoms with Crippen molar-refractivity contribution in [3.05, 3.63) is 24.3 Å². The number of alkyl carbamates (subject to hydrolysis) is 3. The second kappa shape index (κ2) is 39.8. The van der Waals surface area contributed by atoms with Crippen molar-refractivity contribution in [1.82, 2.24) is 21.3 Å². The average Bonchev–Trinajstić information content (AvgIpc) is 3.31. The molecule has 0 rings (SSSR count). The third-order valence-electron chi connectivity index (χ3n) is 13.4. The van der Waals surface area contributed by atoms with Crippen LogP contribution in [0.25, 0.3) is 0 Å². The van der Waals surface area contributed by atoms with Gasteiger partial charge in [0.25, 0.3) is 5.91 Å². The molecule has 0 aliphatic carbocycles. The molecule has 0 spiro atoms. The van der Waals surface area contributed by atoms with Crippen LogP contribution in [0.2, 0.25) is 68.5 Å². The zero-order valence-electron chi connectivity index (χ0n) is 48.8. The summed E-state index contributed by atoms with van der Waals surface area (Å²) in [5, 5.41) is 9.89. The minimum absolute atomic E-state index is 0.0118. The fourth-order valence-corrected chi connectivity index (χ4v) is 18.4. The molecule has 18 nitrogen and oxygen atoms in total. The van der Waals surface area contributed by atoms with Crippen LogP contribution in [-0.2, 0) is 51.7 Å². The first-order valence-corrected chi connectivity index (χ1v) is 38.8. The van der Waals surface area contributed by atoms with Crippen LogP contribution in [0.3, 0.4) is 0 Å². The molecule has 4 N–H and O–H groups in total. The SMILES string of the molecule is C=C(C)C(=O)OCCCCC[Si](C)(C)OC(C)(C)[SiH2]CCCCCCCCOC(=O)NCNC(=O)OCC(=O)NCNC(=O)OCCCC[Si](C)(C)OCCCCC(C)(C)[Si](C)(C)CCCCOCOC(=O)C(=C)C. The highest BCUT2D eigenvalue weighted by Crippen LogP contribution is 2.44. The summed E-state index contributed by atoms with van der Waals surface area (Å²) >= 11 is 0. The van der Waals surface area contributed by atoms with Gasteiger partial charge in [-0.3, -0.25) is 4.79 Å². The van der Waals surface area contributed by atoms with E-state index in [0.717, 1.165) is 95.7 Å². The van der Waals surface area contributed by atoms with Crippen molar-refractivity contribution in [1.29, 1.82) is 0 Å². The van der Waals surface area contributed by atoms with Crippen molar-refractivity contribution >= 4 is 70.4 Å². The molecule has 436 valence electrons. The van der Waals surface area contributed by atoms with Gasteiger partial charge in [-0.15, -0.1) is 0 Å². The number of nitrogens with one attached hydrogen (secondary N) is 4. The van der Waals surface area contributed by atoms with Crippen LogP contribution in [0, 0.1) is 0 Å². The molecule has 0 saturated carbocycles. The van der Waals surface area contributed by atoms with E-state index in [0.29, 0.717) is 35.8 Å². The molecule has 0 atom stereocenters. The maximum Gasteiger partial charge on any atom is 0.409 e. The molecule has 0 aliphatic heterocycles. The Morgan fingerprint density at radius 3 is 1.56 bits per heavy atom. The third kappa shape index (κ3) is 40.3. The van der Waals surface area contributed by atoms with Crippen molar-refractivity contribution in [3.63, 3.8) is 0 Å². The van der Waals surface area contributed by atoms with Gasteiger partial charge in [0.1, 0.15) is 0 Å². The summed E-state index contributed by atoms with van der Waals surface area (Å²) in [6.45, 7) is 35.0. The number of carbonyl (C=O) groups excluding carboxylic acids is 6. The summed E-state index contributed by atoms with van der Waals surface area (Å²) in [4.78, 5) is 71.1. The summed E-state index contributed by atoms with van der Waals surface area (Å²) in [7, 11) is -5.50. The van der Waals surface area contributed by atoms with Crippen molar-refractivity contribution in [2.24, 2.45) is 0 Å². The molecule has 4 amide bonds. The van der Waals surface area contributed by atoms with Gasteiger partial charge in [-0.1, -0.05) is 123 Å². The zero-order chi connectivity index (χ0) is 56.8. The summed E-state index contributed by atoms with van der Waals surface area (Å²) in [6, 6.07) is 4.53. The van der Waals surface area contributed by atoms with Crippen molar-refractivity contribution < 1.29 is 66.0 Å². The second-order valence-corrected chi connectivity index (χ2v) is 40.0. The summed E-state index contributed by atoms with van der Waals surface area (Å²) in [5.41, 5.74) is 0.801. The highest BCUT2D eigenvalue weighted by Gasteiger charge is 2.37. The van der Waals surface area contributed by atoms with Crippen LogP contribution in [0.15, 0.2) is 24.3 Å². The smallest absolute Gasteiger partial charge is 0.409 e. The first-order chi connectivity index (χ1) is 35.1. The Balaban J connectivity index is 3.90. The highest BCUT2D eigenvalue weighted by molar-refractivity contribution is 6.80. The largest absolute Gasteiger partial charge is 0.462 e. The first-order valence-electron chi connectivity index (χ1n) is 27.7. The van der Waals surface area contributed by atoms with Gasteiger partial charge in [0.05, 0.1) is 57.4 Å². The lowest BCUT2D eigenvalue weighted by atomic mass is 10.1. The number of hydrogen-bond acceptors (Lipinski definition) is 14. The van der Waals surface area contributed by atoms with Crippen LogP contribution in [0.5, 0.6) is 0 Å². The summed E-state index contributed by atoms with van der Waals surface area (Å²) in [6.07, 6.45) is 14.0. The van der Waals surface area contributed by atoms with E-state index in [1.807, 2.05) is 0 Å². The molecule has 0 radical (unpaired) electrons. The van der Waals surface area contributed by atoms with Gasteiger partial charge in [0.2, 0.25) is 0 Å². The molecule has 0 aromatic rings. The quantitative estimate of drug-likeness (QED) is 0.0111. The van der Waals surface area contributed by atoms with Gasteiger partial charge in [-0.2, -0.15) is 0 Å². The lowest BCUT2D eigenvalue weighted by Gasteiger charge is -2.40. The average molecular weight is 1130 g/mol. The highest BCUT2D eigenvalue weighted by atomic mass is 28.4. The van der Waals surface area contributed by atoms with E-state index in [-0.39, 0.29) is 54.1 Å². The Bertz CT molecular complexity index is 1700. The molecular formula is C53H104N4O14Si4. The van der Waals surface area contributed by atoms with E-state index in [1.165, 1.54) is 31.4 Å². The van der Waals surface area contributed by atoms with Crippen LogP contribution in [-0.4, -0.2) is 135 Å². The molecule has 75 heavy (non-hydrogen) atoms. The molecule has 22 heteroatoms. The van der Waals surface area contributed by atoms with Gasteiger partial charge in [-0.05, 0) is 103 Å². The van der Waals surface area contributed by atoms with E-state index >= 15 is 0 Å². The predicted molar refractivity (Wildman–Crippen MR) is 308 cm³/mol. The minimum atomic E-state index is -1.86. The first kappa shape index (κ1) is 71.4. The number of ether oxygens (including phenoxy) is 6. The van der Waals surface area contributed by atoms with Gasteiger partial charge < -0.3 is 58.5 Å². The van der Waals surface area contributed by atoms with Gasteiger partial charge in [-0.25, -0.2) is 24.0 Å². The molecule has 0 aromatic carbocycles. The van der Waals surface area contributed by atoms with E-state index in [2.05, 4.69) is 101 Å². The topological polar surface area (TPSA) is 224 Å². The van der Waals surface area contributed by atoms with Gasteiger partial charge in [0, 0.05) is 23.0 Å². The molecule has 0 fully saturated rings. The molecule has 0 saturated heterocycles. The lowest BCUT2D eigenvalue weighted by molar-refractivity contribution is -0.151. The molecular weight excluding hydrogens is 1030 g/mol. The second-order valence-electron chi connectivity index (χ2n) is 22.9. The van der Waals surface area contributed by atoms with E-state index in [1.54, 1.807) is 13.8 Å². The number of esters is 2. The summed E-state index contributed by atoms with van der Waals surface area (Å²) < 4.78 is 44.0. The molecule has 0 heterocycles. The Morgan fingerprint density at radius 1 is 0.493 bits per heavy atom. The number of unbranched alkanes of at least 4 members (excludes halogenated alkanes) is 10. The van der Waals surface area contributed by atoms with Crippen molar-refractivity contribution in [2.75, 3.05) is 59.8 Å². The number of hydrogen-bond donors (Lipinski definition) is 4. The molecule has 0 bridgehead atoms. The summed E-state index contributed by atoms with van der Waals surface area (Å²) in [5.74, 6) is -1.38. The number of rotatable bonds is 45. The van der Waals surface area contributed by atoms with Crippen LogP contribution in [0.4, 0.5) is 14.4 Å². The van der Waals surface area contributed by atoms with Crippen LogP contribution < -0.4 is 21.3 Å². The normalized spacial score (nSPS) is 12.2. The maximum absolute atomic E-state index is 12.1. The Kier molecular flexibility index (Phi) is 37.9. The molecule has 0 unspecified atom stereocenters. The Labute approximate surface area is 457 Å². The van der Waals surface area contributed by atoms with Crippen molar-refractivity contribution in [3.8, 4) is 0 Å². The van der Waals surface area contributed by atoms with Crippen LogP contribution in [0.1, 0.15) is 144 Å². The minimum Gasteiger partial charge on any atom is -0.462 e. The van der Waals surface area contributed by atoms with E-state index in [4.69, 9.17) is 37.3 Å². The van der Waals surface area contributed by atoms with Gasteiger partial charge in [0.15, 0.2) is 30.0 Å². The third-order valence-corrected chi connectivity index (χ3v) is 26.6. The van der Waals surface area contributed by atoms with Crippen molar-refractivity contribution in [2.45, 2.75) is 218 Å². The Morgan fingerprint density at radius 2 is 0.947 bits per heavy atom. The van der Waals surface area contributed by atoms with E-state index in [9.17, 15) is 28.8 Å². The fourth-order valence-electron chi connectivity index (χ4n) is 8.04.